The van der Waals surface area contributed by atoms with Crippen LogP contribution in [-0.4, -0.2) is 30.1 Å². The van der Waals surface area contributed by atoms with E-state index >= 15 is 0 Å². The van der Waals surface area contributed by atoms with E-state index in [9.17, 15) is 0 Å². The van der Waals surface area contributed by atoms with Crippen molar-refractivity contribution in [3.05, 3.63) is 24.2 Å². The third kappa shape index (κ3) is 2.47. The third-order valence-corrected chi connectivity index (χ3v) is 3.68. The van der Waals surface area contributed by atoms with Gasteiger partial charge in [-0.2, -0.15) is 0 Å². The number of rotatable bonds is 3. The molecular formula is C13H22N2O. The lowest BCUT2D eigenvalue weighted by atomic mass is 9.87. The standard InChI is InChI=1S/C13H22N2O/c1-13(2)9-11(14-3)6-7-15(13)10-12-5-4-8-16-12/h4-5,8,11,14H,6-7,9-10H2,1-3H3. The average Bonchev–Trinajstić information content (AvgIpc) is 2.73. The first-order valence-corrected chi connectivity index (χ1v) is 6.06. The molecule has 1 atom stereocenters. The number of hydrogen-bond acceptors (Lipinski definition) is 3. The maximum absolute atomic E-state index is 5.43. The molecule has 0 bridgehead atoms. The van der Waals surface area contributed by atoms with Gasteiger partial charge < -0.3 is 9.73 Å². The van der Waals surface area contributed by atoms with Crippen LogP contribution in [-0.2, 0) is 6.54 Å². The molecule has 0 amide bonds. The minimum Gasteiger partial charge on any atom is -0.468 e. The van der Waals surface area contributed by atoms with E-state index in [4.69, 9.17) is 4.42 Å². The first-order valence-electron chi connectivity index (χ1n) is 6.06. The number of furan rings is 1. The van der Waals surface area contributed by atoms with Crippen molar-refractivity contribution in [2.45, 2.75) is 44.8 Å². The molecule has 16 heavy (non-hydrogen) atoms. The molecule has 0 saturated carbocycles. The van der Waals surface area contributed by atoms with E-state index in [-0.39, 0.29) is 5.54 Å². The molecule has 1 aromatic rings. The van der Waals surface area contributed by atoms with Crippen LogP contribution in [0.4, 0.5) is 0 Å². The zero-order valence-electron chi connectivity index (χ0n) is 10.5. The van der Waals surface area contributed by atoms with Crippen molar-refractivity contribution in [1.29, 1.82) is 0 Å². The second-order valence-corrected chi connectivity index (χ2v) is 5.29. The smallest absolute Gasteiger partial charge is 0.117 e. The predicted octanol–water partition coefficient (Wildman–Crippen LogP) is 2.24. The summed E-state index contributed by atoms with van der Waals surface area (Å²) in [5.41, 5.74) is 0.249. The Hall–Kier alpha value is -0.800. The Kier molecular flexibility index (Phi) is 3.36. The molecule has 1 aliphatic rings. The van der Waals surface area contributed by atoms with Crippen molar-refractivity contribution in [2.24, 2.45) is 0 Å². The summed E-state index contributed by atoms with van der Waals surface area (Å²) in [5.74, 6) is 1.07. The molecular weight excluding hydrogens is 200 g/mol. The topological polar surface area (TPSA) is 28.4 Å². The van der Waals surface area contributed by atoms with Crippen LogP contribution < -0.4 is 5.32 Å². The first-order chi connectivity index (χ1) is 7.62. The summed E-state index contributed by atoms with van der Waals surface area (Å²) in [6.07, 6.45) is 4.17. The highest BCUT2D eigenvalue weighted by Crippen LogP contribution is 2.29. The SMILES string of the molecule is CNC1CCN(Cc2ccco2)C(C)(C)C1. The van der Waals surface area contributed by atoms with Gasteiger partial charge in [-0.3, -0.25) is 4.90 Å². The highest BCUT2D eigenvalue weighted by Gasteiger charge is 2.34. The van der Waals surface area contributed by atoms with Crippen molar-refractivity contribution < 1.29 is 4.42 Å². The van der Waals surface area contributed by atoms with E-state index in [1.54, 1.807) is 6.26 Å². The van der Waals surface area contributed by atoms with Crippen LogP contribution >= 0.6 is 0 Å². The second-order valence-electron chi connectivity index (χ2n) is 5.29. The highest BCUT2D eigenvalue weighted by atomic mass is 16.3. The molecule has 0 spiro atoms. The number of hydrogen-bond donors (Lipinski definition) is 1. The van der Waals surface area contributed by atoms with Crippen molar-refractivity contribution >= 4 is 0 Å². The van der Waals surface area contributed by atoms with E-state index in [0.29, 0.717) is 6.04 Å². The molecule has 3 heteroatoms. The third-order valence-electron chi connectivity index (χ3n) is 3.68. The van der Waals surface area contributed by atoms with Crippen molar-refractivity contribution in [2.75, 3.05) is 13.6 Å². The van der Waals surface area contributed by atoms with Crippen LogP contribution in [0.15, 0.2) is 22.8 Å². The second kappa shape index (κ2) is 4.60. The summed E-state index contributed by atoms with van der Waals surface area (Å²) >= 11 is 0. The molecule has 3 nitrogen and oxygen atoms in total. The van der Waals surface area contributed by atoms with Crippen molar-refractivity contribution in [3.8, 4) is 0 Å². The molecule has 1 aromatic heterocycles. The quantitative estimate of drug-likeness (QED) is 0.850. The van der Waals surface area contributed by atoms with Crippen LogP contribution in [0.2, 0.25) is 0 Å². The summed E-state index contributed by atoms with van der Waals surface area (Å²) in [7, 11) is 2.06. The lowest BCUT2D eigenvalue weighted by Crippen LogP contribution is -2.53. The van der Waals surface area contributed by atoms with Gasteiger partial charge in [-0.05, 0) is 45.9 Å². The predicted molar refractivity (Wildman–Crippen MR) is 65.3 cm³/mol. The Bertz CT molecular complexity index is 319. The highest BCUT2D eigenvalue weighted by molar-refractivity contribution is 5.01. The maximum atomic E-state index is 5.43. The van der Waals surface area contributed by atoms with Crippen LogP contribution in [0.25, 0.3) is 0 Å². The minimum absolute atomic E-state index is 0.249. The summed E-state index contributed by atoms with van der Waals surface area (Å²) in [5, 5.41) is 3.39. The van der Waals surface area contributed by atoms with Gasteiger partial charge in [0, 0.05) is 18.1 Å². The zero-order chi connectivity index (χ0) is 11.6. The molecule has 1 aliphatic heterocycles. The van der Waals surface area contributed by atoms with Crippen LogP contribution in [0.1, 0.15) is 32.4 Å². The Balaban J connectivity index is 2.00. The van der Waals surface area contributed by atoms with Gasteiger partial charge in [0.2, 0.25) is 0 Å². The van der Waals surface area contributed by atoms with E-state index in [1.165, 1.54) is 12.8 Å². The summed E-state index contributed by atoms with van der Waals surface area (Å²) in [6.45, 7) is 6.70. The molecule has 1 unspecified atom stereocenters. The summed E-state index contributed by atoms with van der Waals surface area (Å²) in [4.78, 5) is 2.51. The van der Waals surface area contributed by atoms with Gasteiger partial charge in [0.15, 0.2) is 0 Å². The lowest BCUT2D eigenvalue weighted by Gasteiger charge is -2.45. The van der Waals surface area contributed by atoms with Gasteiger partial charge in [-0.15, -0.1) is 0 Å². The molecule has 1 saturated heterocycles. The summed E-state index contributed by atoms with van der Waals surface area (Å²) in [6, 6.07) is 4.67. The molecule has 2 rings (SSSR count). The van der Waals surface area contributed by atoms with Crippen LogP contribution in [0, 0.1) is 0 Å². The molecule has 0 aromatic carbocycles. The van der Waals surface area contributed by atoms with Crippen LogP contribution in [0.3, 0.4) is 0 Å². The number of nitrogens with zero attached hydrogens (tertiary/aromatic N) is 1. The number of likely N-dealkylation sites (tertiary alicyclic amines) is 1. The molecule has 1 fully saturated rings. The largest absolute Gasteiger partial charge is 0.468 e. The van der Waals surface area contributed by atoms with E-state index in [0.717, 1.165) is 18.8 Å². The first kappa shape index (κ1) is 11.7. The Morgan fingerprint density at radius 1 is 1.56 bits per heavy atom. The zero-order valence-corrected chi connectivity index (χ0v) is 10.5. The number of piperidine rings is 1. The Labute approximate surface area is 97.8 Å². The van der Waals surface area contributed by atoms with Gasteiger partial charge in [-0.1, -0.05) is 0 Å². The normalized spacial score (nSPS) is 25.8. The molecule has 90 valence electrons. The molecule has 0 aliphatic carbocycles. The van der Waals surface area contributed by atoms with Crippen molar-refractivity contribution in [3.63, 3.8) is 0 Å². The maximum Gasteiger partial charge on any atom is 0.117 e. The van der Waals surface area contributed by atoms with Gasteiger partial charge in [-0.25, -0.2) is 0 Å². The molecule has 0 radical (unpaired) electrons. The fourth-order valence-corrected chi connectivity index (χ4v) is 2.58. The van der Waals surface area contributed by atoms with Gasteiger partial charge in [0.25, 0.3) is 0 Å². The average molecular weight is 222 g/mol. The fraction of sp³-hybridized carbons (Fsp3) is 0.692. The van der Waals surface area contributed by atoms with Gasteiger partial charge in [0.05, 0.1) is 12.8 Å². The van der Waals surface area contributed by atoms with Crippen LogP contribution in [0.5, 0.6) is 0 Å². The summed E-state index contributed by atoms with van der Waals surface area (Å²) < 4.78 is 5.43. The van der Waals surface area contributed by atoms with Gasteiger partial charge in [0.1, 0.15) is 5.76 Å². The monoisotopic (exact) mass is 222 g/mol. The van der Waals surface area contributed by atoms with E-state index < -0.39 is 0 Å². The van der Waals surface area contributed by atoms with E-state index in [1.807, 2.05) is 6.07 Å². The lowest BCUT2D eigenvalue weighted by molar-refractivity contribution is 0.0469. The Morgan fingerprint density at radius 2 is 2.38 bits per heavy atom. The minimum atomic E-state index is 0.249. The molecule has 1 N–H and O–H groups in total. The van der Waals surface area contributed by atoms with Crippen molar-refractivity contribution in [1.82, 2.24) is 10.2 Å². The Morgan fingerprint density at radius 3 is 2.94 bits per heavy atom. The van der Waals surface area contributed by atoms with E-state index in [2.05, 4.69) is 37.2 Å². The fourth-order valence-electron chi connectivity index (χ4n) is 2.58. The number of nitrogens with one attached hydrogen (secondary N) is 1. The van der Waals surface area contributed by atoms with Gasteiger partial charge >= 0.3 is 0 Å². The molecule has 2 heterocycles.